The fourth-order valence-electron chi connectivity index (χ4n) is 2.44. The number of benzene rings is 1. The van der Waals surface area contributed by atoms with E-state index in [0.29, 0.717) is 11.3 Å². The van der Waals surface area contributed by atoms with Crippen LogP contribution >= 0.6 is 0 Å². The van der Waals surface area contributed by atoms with Gasteiger partial charge in [0.15, 0.2) is 0 Å². The Morgan fingerprint density at radius 1 is 1.10 bits per heavy atom. The molecule has 0 spiro atoms. The van der Waals surface area contributed by atoms with Gasteiger partial charge in [-0.2, -0.15) is 4.39 Å². The summed E-state index contributed by atoms with van der Waals surface area (Å²) >= 11 is 0. The Morgan fingerprint density at radius 3 is 2.43 bits per heavy atom. The second-order valence-electron chi connectivity index (χ2n) is 5.06. The molecule has 1 aliphatic heterocycles. The number of amides is 1. The van der Waals surface area contributed by atoms with Crippen molar-refractivity contribution in [3.63, 3.8) is 0 Å². The lowest BCUT2D eigenvalue weighted by molar-refractivity contribution is 0.102. The van der Waals surface area contributed by atoms with E-state index in [4.69, 9.17) is 0 Å². The number of nitrogens with zero attached hydrogens (tertiary/aromatic N) is 2. The van der Waals surface area contributed by atoms with Gasteiger partial charge in [-0.05, 0) is 49.2 Å². The molecular weight excluding hydrogens is 269 g/mol. The van der Waals surface area contributed by atoms with E-state index in [1.165, 1.54) is 36.9 Å². The first-order valence-corrected chi connectivity index (χ1v) is 7.00. The zero-order valence-corrected chi connectivity index (χ0v) is 11.6. The van der Waals surface area contributed by atoms with Crippen molar-refractivity contribution in [3.8, 4) is 0 Å². The molecule has 21 heavy (non-hydrogen) atoms. The van der Waals surface area contributed by atoms with E-state index < -0.39 is 5.95 Å². The molecule has 108 valence electrons. The van der Waals surface area contributed by atoms with Gasteiger partial charge in [0.25, 0.3) is 5.91 Å². The van der Waals surface area contributed by atoms with Gasteiger partial charge in [-0.3, -0.25) is 4.79 Å². The van der Waals surface area contributed by atoms with Crippen molar-refractivity contribution in [3.05, 3.63) is 54.1 Å². The maximum absolute atomic E-state index is 12.7. The first kappa shape index (κ1) is 13.5. The summed E-state index contributed by atoms with van der Waals surface area (Å²) in [5, 5.41) is 2.78. The zero-order valence-electron chi connectivity index (χ0n) is 11.6. The lowest BCUT2D eigenvalue weighted by atomic mass is 10.2. The average Bonchev–Trinajstić information content (AvgIpc) is 3.03. The van der Waals surface area contributed by atoms with Gasteiger partial charge in [-0.15, -0.1) is 0 Å². The van der Waals surface area contributed by atoms with Crippen LogP contribution in [0.25, 0.3) is 0 Å². The van der Waals surface area contributed by atoms with Crippen molar-refractivity contribution >= 4 is 17.3 Å². The maximum atomic E-state index is 12.7. The molecular formula is C16H16FN3O. The third kappa shape index (κ3) is 3.18. The van der Waals surface area contributed by atoms with E-state index in [-0.39, 0.29) is 5.91 Å². The normalized spacial score (nSPS) is 14.2. The molecule has 2 heterocycles. The largest absolute Gasteiger partial charge is 0.372 e. The summed E-state index contributed by atoms with van der Waals surface area (Å²) in [4.78, 5) is 17.8. The van der Waals surface area contributed by atoms with Crippen LogP contribution in [-0.2, 0) is 0 Å². The van der Waals surface area contributed by atoms with Crippen molar-refractivity contribution in [2.24, 2.45) is 0 Å². The minimum Gasteiger partial charge on any atom is -0.372 e. The number of carbonyl (C=O) groups excluding carboxylic acids is 1. The molecule has 0 unspecified atom stereocenters. The van der Waals surface area contributed by atoms with Crippen LogP contribution in [0.1, 0.15) is 23.2 Å². The lowest BCUT2D eigenvalue weighted by Crippen LogP contribution is -2.17. The number of carbonyl (C=O) groups is 1. The highest BCUT2D eigenvalue weighted by atomic mass is 19.1. The van der Waals surface area contributed by atoms with Gasteiger partial charge in [0.2, 0.25) is 5.95 Å². The first-order valence-electron chi connectivity index (χ1n) is 7.00. The molecule has 2 aromatic rings. The van der Waals surface area contributed by atoms with E-state index in [0.717, 1.165) is 13.1 Å². The Balaban J connectivity index is 1.67. The molecule has 1 amide bonds. The molecule has 0 bridgehead atoms. The van der Waals surface area contributed by atoms with E-state index >= 15 is 0 Å². The van der Waals surface area contributed by atoms with E-state index in [1.54, 1.807) is 0 Å². The molecule has 1 fully saturated rings. The molecule has 3 rings (SSSR count). The molecule has 0 atom stereocenters. The molecule has 4 nitrogen and oxygen atoms in total. The van der Waals surface area contributed by atoms with Crippen molar-refractivity contribution in [1.29, 1.82) is 0 Å². The van der Waals surface area contributed by atoms with E-state index in [1.807, 2.05) is 24.3 Å². The Kier molecular flexibility index (Phi) is 3.81. The highest BCUT2D eigenvalue weighted by Gasteiger charge is 2.12. The smallest absolute Gasteiger partial charge is 0.257 e. The van der Waals surface area contributed by atoms with Crippen LogP contribution in [0.2, 0.25) is 0 Å². The van der Waals surface area contributed by atoms with Crippen LogP contribution in [0.15, 0.2) is 42.6 Å². The molecule has 5 heteroatoms. The number of nitrogens with one attached hydrogen (secondary N) is 1. The number of hydrogen-bond acceptors (Lipinski definition) is 3. The summed E-state index contributed by atoms with van der Waals surface area (Å²) < 4.78 is 12.7. The number of anilines is 2. The van der Waals surface area contributed by atoms with Crippen LogP contribution in [-0.4, -0.2) is 24.0 Å². The fourth-order valence-corrected chi connectivity index (χ4v) is 2.44. The SMILES string of the molecule is O=C(Nc1ccc(N2CCCC2)cc1)c1ccc(F)nc1. The first-order chi connectivity index (χ1) is 10.2. The lowest BCUT2D eigenvalue weighted by Gasteiger charge is -2.17. The van der Waals surface area contributed by atoms with Gasteiger partial charge in [0, 0.05) is 30.7 Å². The van der Waals surface area contributed by atoms with E-state index in [2.05, 4.69) is 15.2 Å². The predicted octanol–water partition coefficient (Wildman–Crippen LogP) is 3.07. The third-order valence-corrected chi connectivity index (χ3v) is 3.59. The topological polar surface area (TPSA) is 45.2 Å². The summed E-state index contributed by atoms with van der Waals surface area (Å²) in [7, 11) is 0. The summed E-state index contributed by atoms with van der Waals surface area (Å²) in [6, 6.07) is 10.3. The minimum absolute atomic E-state index is 0.295. The average molecular weight is 285 g/mol. The minimum atomic E-state index is -0.596. The molecule has 1 aromatic heterocycles. The maximum Gasteiger partial charge on any atom is 0.257 e. The van der Waals surface area contributed by atoms with Gasteiger partial charge < -0.3 is 10.2 Å². The molecule has 0 aliphatic carbocycles. The summed E-state index contributed by atoms with van der Waals surface area (Å²) in [6.45, 7) is 2.18. The summed E-state index contributed by atoms with van der Waals surface area (Å²) in [5.41, 5.74) is 2.22. The van der Waals surface area contributed by atoms with Crippen molar-refractivity contribution in [2.45, 2.75) is 12.8 Å². The fraction of sp³-hybridized carbons (Fsp3) is 0.250. The van der Waals surface area contributed by atoms with Gasteiger partial charge in [0.05, 0.1) is 5.56 Å². The standard InChI is InChI=1S/C16H16FN3O/c17-15-8-3-12(11-18-15)16(21)19-13-4-6-14(7-5-13)20-9-1-2-10-20/h3-8,11H,1-2,9-10H2,(H,19,21). The van der Waals surface area contributed by atoms with Crippen molar-refractivity contribution in [1.82, 2.24) is 4.98 Å². The Morgan fingerprint density at radius 2 is 1.81 bits per heavy atom. The molecule has 0 saturated carbocycles. The highest BCUT2D eigenvalue weighted by molar-refractivity contribution is 6.04. The van der Waals surface area contributed by atoms with Crippen molar-refractivity contribution in [2.75, 3.05) is 23.3 Å². The van der Waals surface area contributed by atoms with Gasteiger partial charge in [0.1, 0.15) is 0 Å². The second kappa shape index (κ2) is 5.91. The number of hydrogen-bond donors (Lipinski definition) is 1. The number of pyridine rings is 1. The van der Waals surface area contributed by atoms with Crippen LogP contribution in [0, 0.1) is 5.95 Å². The van der Waals surface area contributed by atoms with Crippen molar-refractivity contribution < 1.29 is 9.18 Å². The quantitative estimate of drug-likeness (QED) is 0.881. The number of rotatable bonds is 3. The van der Waals surface area contributed by atoms with Crippen LogP contribution in [0.4, 0.5) is 15.8 Å². The zero-order chi connectivity index (χ0) is 14.7. The molecule has 0 radical (unpaired) electrons. The third-order valence-electron chi connectivity index (χ3n) is 3.59. The Bertz CT molecular complexity index is 619. The van der Waals surface area contributed by atoms with E-state index in [9.17, 15) is 9.18 Å². The van der Waals surface area contributed by atoms with Crippen LogP contribution in [0.3, 0.4) is 0 Å². The van der Waals surface area contributed by atoms with Gasteiger partial charge >= 0.3 is 0 Å². The summed E-state index contributed by atoms with van der Waals surface area (Å²) in [5.74, 6) is -0.891. The van der Waals surface area contributed by atoms with Crippen LogP contribution in [0.5, 0.6) is 0 Å². The molecule has 1 aliphatic rings. The Labute approximate surface area is 122 Å². The highest BCUT2D eigenvalue weighted by Crippen LogP contribution is 2.22. The van der Waals surface area contributed by atoms with Gasteiger partial charge in [-0.25, -0.2) is 4.98 Å². The molecule has 1 saturated heterocycles. The second-order valence-corrected chi connectivity index (χ2v) is 5.06. The van der Waals surface area contributed by atoms with Gasteiger partial charge in [-0.1, -0.05) is 0 Å². The predicted molar refractivity (Wildman–Crippen MR) is 80.0 cm³/mol. The Hall–Kier alpha value is -2.43. The number of halogens is 1. The van der Waals surface area contributed by atoms with Crippen LogP contribution < -0.4 is 10.2 Å². The molecule has 1 aromatic carbocycles. The monoisotopic (exact) mass is 285 g/mol. The molecule has 1 N–H and O–H groups in total. The summed E-state index contributed by atoms with van der Waals surface area (Å²) in [6.07, 6.45) is 3.69. The number of aromatic nitrogens is 1.